The third-order valence-corrected chi connectivity index (χ3v) is 11.2. The summed E-state index contributed by atoms with van der Waals surface area (Å²) >= 11 is 0. The van der Waals surface area contributed by atoms with Crippen molar-refractivity contribution in [2.75, 3.05) is 0 Å². The van der Waals surface area contributed by atoms with E-state index in [-0.39, 0.29) is 0 Å². The van der Waals surface area contributed by atoms with E-state index in [2.05, 4.69) is 144 Å². The van der Waals surface area contributed by atoms with Crippen LogP contribution in [0.1, 0.15) is 0 Å². The van der Waals surface area contributed by atoms with Gasteiger partial charge in [0.25, 0.3) is 0 Å². The molecule has 0 saturated heterocycles. The van der Waals surface area contributed by atoms with E-state index < -0.39 is 0 Å². The first-order valence-electron chi connectivity index (χ1n) is 18.8. The Balaban J connectivity index is 1.08. The first kappa shape index (κ1) is 30.8. The lowest BCUT2D eigenvalue weighted by Gasteiger charge is -2.12. The van der Waals surface area contributed by atoms with Crippen molar-refractivity contribution in [2.24, 2.45) is 0 Å². The van der Waals surface area contributed by atoms with Gasteiger partial charge in [-0.25, -0.2) is 15.0 Å². The number of pyridine rings is 1. The average Bonchev–Trinajstić information content (AvgIpc) is 3.80. The van der Waals surface area contributed by atoms with Crippen LogP contribution in [-0.2, 0) is 0 Å². The highest BCUT2D eigenvalue weighted by Gasteiger charge is 2.19. The summed E-state index contributed by atoms with van der Waals surface area (Å²) in [4.78, 5) is 15.2. The van der Waals surface area contributed by atoms with Gasteiger partial charge in [-0.1, -0.05) is 140 Å². The highest BCUT2D eigenvalue weighted by Crippen LogP contribution is 2.41. The third-order valence-electron chi connectivity index (χ3n) is 11.2. The van der Waals surface area contributed by atoms with Gasteiger partial charge in [0.15, 0.2) is 5.82 Å². The van der Waals surface area contributed by atoms with Crippen molar-refractivity contribution in [2.45, 2.75) is 0 Å². The number of hydrogen-bond acceptors (Lipinski definition) is 4. The number of aromatic nitrogens is 4. The first-order valence-corrected chi connectivity index (χ1v) is 18.8. The monoisotopic (exact) mass is 714 g/mol. The van der Waals surface area contributed by atoms with E-state index in [1.807, 2.05) is 42.6 Å². The van der Waals surface area contributed by atoms with E-state index in [1.54, 1.807) is 0 Å². The summed E-state index contributed by atoms with van der Waals surface area (Å²) in [6, 6.07) is 61.9. The predicted molar refractivity (Wildman–Crippen MR) is 230 cm³/mol. The van der Waals surface area contributed by atoms with Gasteiger partial charge in [-0.15, -0.1) is 0 Å². The van der Waals surface area contributed by atoms with Gasteiger partial charge in [-0.3, -0.25) is 4.57 Å². The van der Waals surface area contributed by atoms with E-state index in [0.717, 1.165) is 71.9 Å². The van der Waals surface area contributed by atoms with Crippen molar-refractivity contribution >= 4 is 76.2 Å². The lowest BCUT2D eigenvalue weighted by Crippen LogP contribution is -2.02. The number of para-hydroxylation sites is 1. The predicted octanol–water partition coefficient (Wildman–Crippen LogP) is 13.3. The molecule has 0 N–H and O–H groups in total. The van der Waals surface area contributed by atoms with Gasteiger partial charge in [-0.2, -0.15) is 0 Å². The Morgan fingerprint density at radius 1 is 0.375 bits per heavy atom. The van der Waals surface area contributed by atoms with Gasteiger partial charge in [0.05, 0.1) is 16.7 Å². The second-order valence-corrected chi connectivity index (χ2v) is 14.4. The quantitative estimate of drug-likeness (QED) is 0.170. The van der Waals surface area contributed by atoms with Gasteiger partial charge in [0.1, 0.15) is 11.4 Å². The van der Waals surface area contributed by atoms with Gasteiger partial charge in [-0.05, 0) is 68.2 Å². The van der Waals surface area contributed by atoms with E-state index in [0.29, 0.717) is 11.5 Å². The molecule has 5 nitrogen and oxygen atoms in total. The van der Waals surface area contributed by atoms with E-state index in [4.69, 9.17) is 19.4 Å². The smallest absolute Gasteiger partial charge is 0.227 e. The molecule has 4 aromatic heterocycles. The molecule has 8 aromatic carbocycles. The van der Waals surface area contributed by atoms with Gasteiger partial charge >= 0.3 is 0 Å². The Bertz CT molecular complexity index is 3470. The molecule has 0 aliphatic rings. The molecule has 0 saturated carbocycles. The van der Waals surface area contributed by atoms with Crippen molar-refractivity contribution in [1.29, 1.82) is 0 Å². The summed E-state index contributed by atoms with van der Waals surface area (Å²) in [6.07, 6.45) is 1.93. The number of hydrogen-bond donors (Lipinski definition) is 0. The number of fused-ring (bicyclic) bond motifs is 12. The zero-order valence-corrected chi connectivity index (χ0v) is 30.0. The van der Waals surface area contributed by atoms with Crippen molar-refractivity contribution in [1.82, 2.24) is 19.5 Å². The molecule has 0 radical (unpaired) electrons. The van der Waals surface area contributed by atoms with Gasteiger partial charge < -0.3 is 4.42 Å². The lowest BCUT2D eigenvalue weighted by atomic mass is 9.93. The number of rotatable bonds is 4. The molecule has 0 aliphatic heterocycles. The summed E-state index contributed by atoms with van der Waals surface area (Å²) in [5.74, 6) is 1.49. The summed E-state index contributed by atoms with van der Waals surface area (Å²) < 4.78 is 8.74. The average molecular weight is 715 g/mol. The molecule has 4 heterocycles. The van der Waals surface area contributed by atoms with Crippen LogP contribution in [0.2, 0.25) is 0 Å². The maximum absolute atomic E-state index is 6.47. The van der Waals surface area contributed by atoms with Crippen LogP contribution in [0.5, 0.6) is 0 Å². The highest BCUT2D eigenvalue weighted by molar-refractivity contribution is 6.28. The molecule has 12 rings (SSSR count). The summed E-state index contributed by atoms with van der Waals surface area (Å²) in [6.45, 7) is 0. The zero-order valence-electron chi connectivity index (χ0n) is 30.0. The molecule has 56 heavy (non-hydrogen) atoms. The van der Waals surface area contributed by atoms with Crippen molar-refractivity contribution < 1.29 is 4.42 Å². The number of nitrogens with zero attached hydrogens (tertiary/aromatic N) is 4. The van der Waals surface area contributed by atoms with Crippen molar-refractivity contribution in [3.8, 4) is 39.6 Å². The molecule has 260 valence electrons. The Kier molecular flexibility index (Phi) is 6.56. The Hall–Kier alpha value is -7.63. The topological polar surface area (TPSA) is 56.7 Å². The molecule has 12 aromatic rings. The van der Waals surface area contributed by atoms with E-state index in [9.17, 15) is 0 Å². The van der Waals surface area contributed by atoms with Crippen LogP contribution in [0.4, 0.5) is 0 Å². The molecule has 0 aliphatic carbocycles. The standard InChI is InChI=1S/C51H30N4O/c1-3-13-31(14-4-1)45-29-49(54-50(53-45)32-15-5-2-6-16-32)55-46-22-12-11-21-39(46)40-24-23-33(26-47(40)55)34-25-44-43-27-41-37-19-9-7-17-35(37)36-18-8-10-20-38(36)42(41)28-48(43)56-51(44)52-30-34/h1-30H. The Labute approximate surface area is 320 Å². The Morgan fingerprint density at radius 3 is 1.71 bits per heavy atom. The number of furan rings is 1. The van der Waals surface area contributed by atoms with E-state index in [1.165, 1.54) is 32.3 Å². The minimum Gasteiger partial charge on any atom is -0.438 e. The van der Waals surface area contributed by atoms with Crippen LogP contribution in [0.15, 0.2) is 187 Å². The van der Waals surface area contributed by atoms with Crippen LogP contribution in [0, 0.1) is 0 Å². The van der Waals surface area contributed by atoms with Gasteiger partial charge in [0.2, 0.25) is 5.71 Å². The molecule has 5 heteroatoms. The molecule has 0 spiro atoms. The zero-order chi connectivity index (χ0) is 36.7. The molecule has 0 bridgehead atoms. The minimum absolute atomic E-state index is 0.630. The maximum atomic E-state index is 6.47. The molecule has 0 atom stereocenters. The van der Waals surface area contributed by atoms with Crippen LogP contribution in [-0.4, -0.2) is 19.5 Å². The van der Waals surface area contributed by atoms with Crippen LogP contribution < -0.4 is 0 Å². The van der Waals surface area contributed by atoms with E-state index >= 15 is 0 Å². The molecule has 0 amide bonds. The summed E-state index contributed by atoms with van der Waals surface area (Å²) in [5.41, 5.74) is 8.55. The molecular weight excluding hydrogens is 685 g/mol. The normalized spacial score (nSPS) is 11.9. The fourth-order valence-corrected chi connectivity index (χ4v) is 8.63. The number of benzene rings is 8. The SMILES string of the molecule is c1ccc(-c2cc(-n3c4ccccc4c4ccc(-c5cnc6oc7cc8c9ccccc9c9ccccc9c8cc7c6c5)cc43)nc(-c3ccccc3)n2)cc1. The summed E-state index contributed by atoms with van der Waals surface area (Å²) in [5, 5.41) is 11.7. The summed E-state index contributed by atoms with van der Waals surface area (Å²) in [7, 11) is 0. The third kappa shape index (κ3) is 4.64. The fraction of sp³-hybridized carbons (Fsp3) is 0. The highest BCUT2D eigenvalue weighted by atomic mass is 16.3. The molecular formula is C51H30N4O. The van der Waals surface area contributed by atoms with Crippen molar-refractivity contribution in [3.63, 3.8) is 0 Å². The minimum atomic E-state index is 0.630. The lowest BCUT2D eigenvalue weighted by molar-refractivity contribution is 0.655. The maximum Gasteiger partial charge on any atom is 0.227 e. The Morgan fingerprint density at radius 2 is 0.982 bits per heavy atom. The molecule has 0 unspecified atom stereocenters. The second kappa shape index (κ2) is 11.9. The fourth-order valence-electron chi connectivity index (χ4n) is 8.63. The second-order valence-electron chi connectivity index (χ2n) is 14.4. The van der Waals surface area contributed by atoms with Crippen LogP contribution in [0.3, 0.4) is 0 Å². The van der Waals surface area contributed by atoms with Crippen LogP contribution >= 0.6 is 0 Å². The van der Waals surface area contributed by atoms with Crippen molar-refractivity contribution in [3.05, 3.63) is 182 Å². The van der Waals surface area contributed by atoms with Gasteiger partial charge in [0, 0.05) is 50.5 Å². The molecule has 0 fully saturated rings. The van der Waals surface area contributed by atoms with Crippen LogP contribution in [0.25, 0.3) is 116 Å². The largest absolute Gasteiger partial charge is 0.438 e. The first-order chi connectivity index (χ1) is 27.7.